The number of hydrogen-bond acceptors (Lipinski definition) is 5. The average molecular weight is 320 g/mol. The first-order chi connectivity index (χ1) is 11.0. The van der Waals surface area contributed by atoms with E-state index in [4.69, 9.17) is 4.52 Å². The Kier molecular flexibility index (Phi) is 6.36. The van der Waals surface area contributed by atoms with Crippen LogP contribution in [0, 0.1) is 6.92 Å². The second kappa shape index (κ2) is 8.26. The third-order valence-corrected chi connectivity index (χ3v) is 4.08. The zero-order valence-electron chi connectivity index (χ0n) is 14.5. The first-order valence-corrected chi connectivity index (χ1v) is 8.27. The monoisotopic (exact) mass is 320 g/mol. The molecule has 0 saturated carbocycles. The minimum absolute atomic E-state index is 0.190. The molecule has 0 bridgehead atoms. The summed E-state index contributed by atoms with van der Waals surface area (Å²) in [5, 5.41) is 3.92. The third-order valence-electron chi connectivity index (χ3n) is 4.08. The summed E-state index contributed by atoms with van der Waals surface area (Å²) < 4.78 is 5.27. The summed E-state index contributed by atoms with van der Waals surface area (Å²) >= 11 is 0. The van der Waals surface area contributed by atoms with Gasteiger partial charge in [-0.15, -0.1) is 0 Å². The van der Waals surface area contributed by atoms with Gasteiger partial charge in [-0.1, -0.05) is 17.3 Å². The van der Waals surface area contributed by atoms with E-state index in [0.29, 0.717) is 13.1 Å². The largest absolute Gasteiger partial charge is 0.360 e. The van der Waals surface area contributed by atoms with Gasteiger partial charge in [0, 0.05) is 45.3 Å². The van der Waals surface area contributed by atoms with Gasteiger partial charge < -0.3 is 9.42 Å². The summed E-state index contributed by atoms with van der Waals surface area (Å²) in [4.78, 5) is 18.8. The molecule has 0 N–H and O–H groups in total. The maximum atomic E-state index is 12.4. The van der Waals surface area contributed by atoms with Crippen molar-refractivity contribution in [3.05, 3.63) is 29.7 Å². The summed E-state index contributed by atoms with van der Waals surface area (Å²) in [6.07, 6.45) is 0. The zero-order chi connectivity index (χ0) is 16.8. The summed E-state index contributed by atoms with van der Waals surface area (Å²) in [6.45, 7) is 16.2. The summed E-state index contributed by atoms with van der Waals surface area (Å²) in [6, 6.07) is 1.98. The van der Waals surface area contributed by atoms with Crippen LogP contribution in [0.2, 0.25) is 0 Å². The van der Waals surface area contributed by atoms with Crippen molar-refractivity contribution < 1.29 is 9.32 Å². The Bertz CT molecular complexity index is 532. The van der Waals surface area contributed by atoms with Gasteiger partial charge >= 0.3 is 0 Å². The van der Waals surface area contributed by atoms with Crippen molar-refractivity contribution in [1.82, 2.24) is 19.9 Å². The summed E-state index contributed by atoms with van der Waals surface area (Å²) in [5.74, 6) is 1.10. The minimum Gasteiger partial charge on any atom is -0.360 e. The molecule has 0 spiro atoms. The van der Waals surface area contributed by atoms with Crippen LogP contribution in [0.15, 0.2) is 22.7 Å². The number of nitrogens with zero attached hydrogens (tertiary/aromatic N) is 4. The molecule has 1 aromatic rings. The van der Waals surface area contributed by atoms with Crippen molar-refractivity contribution >= 4 is 5.91 Å². The van der Waals surface area contributed by atoms with Crippen molar-refractivity contribution in [2.24, 2.45) is 0 Å². The molecule has 23 heavy (non-hydrogen) atoms. The standard InChI is InChI=1S/C17H28N4O2/c1-5-21(11-14(2)3)17(22)13-20-8-6-19(7-9-20)12-16-10-15(4)18-23-16/h10H,2,5-9,11-13H2,1,3-4H3. The normalized spacial score (nSPS) is 16.5. The SMILES string of the molecule is C=C(C)CN(CC)C(=O)CN1CCN(Cc2cc(C)no2)CC1. The smallest absolute Gasteiger partial charge is 0.237 e. The first-order valence-electron chi connectivity index (χ1n) is 8.27. The molecule has 1 aliphatic rings. The topological polar surface area (TPSA) is 52.8 Å². The molecule has 2 rings (SSSR count). The maximum Gasteiger partial charge on any atom is 0.237 e. The van der Waals surface area contributed by atoms with Gasteiger partial charge in [-0.25, -0.2) is 0 Å². The molecule has 6 nitrogen and oxygen atoms in total. The molecule has 0 atom stereocenters. The zero-order valence-corrected chi connectivity index (χ0v) is 14.5. The molecule has 0 aromatic carbocycles. The number of rotatable bonds is 7. The van der Waals surface area contributed by atoms with E-state index in [-0.39, 0.29) is 5.91 Å². The Labute approximate surface area is 138 Å². The molecule has 6 heteroatoms. The van der Waals surface area contributed by atoms with Gasteiger partial charge in [0.15, 0.2) is 5.76 Å². The van der Waals surface area contributed by atoms with Crippen LogP contribution in [-0.2, 0) is 11.3 Å². The van der Waals surface area contributed by atoms with Crippen LogP contribution >= 0.6 is 0 Å². The summed E-state index contributed by atoms with van der Waals surface area (Å²) in [7, 11) is 0. The van der Waals surface area contributed by atoms with Crippen LogP contribution in [0.5, 0.6) is 0 Å². The van der Waals surface area contributed by atoms with Gasteiger partial charge in [0.05, 0.1) is 18.8 Å². The number of hydrogen-bond donors (Lipinski definition) is 0. The molecule has 1 aromatic heterocycles. The van der Waals surface area contributed by atoms with E-state index < -0.39 is 0 Å². The number of aromatic nitrogens is 1. The number of aryl methyl sites for hydroxylation is 1. The van der Waals surface area contributed by atoms with Crippen LogP contribution in [0.25, 0.3) is 0 Å². The number of likely N-dealkylation sites (N-methyl/N-ethyl adjacent to an activating group) is 1. The number of amides is 1. The van der Waals surface area contributed by atoms with Gasteiger partial charge in [0.2, 0.25) is 5.91 Å². The van der Waals surface area contributed by atoms with Gasteiger partial charge in [-0.2, -0.15) is 0 Å². The van der Waals surface area contributed by atoms with E-state index in [9.17, 15) is 4.79 Å². The molecule has 0 aliphatic carbocycles. The second-order valence-electron chi connectivity index (χ2n) is 6.35. The van der Waals surface area contributed by atoms with Crippen molar-refractivity contribution in [1.29, 1.82) is 0 Å². The molecule has 1 amide bonds. The van der Waals surface area contributed by atoms with Crippen LogP contribution in [-0.4, -0.2) is 71.6 Å². The molecule has 1 saturated heterocycles. The fraction of sp³-hybridized carbons (Fsp3) is 0.647. The first kappa shape index (κ1) is 17.7. The average Bonchev–Trinajstić information content (AvgIpc) is 2.91. The minimum atomic E-state index is 0.190. The van der Waals surface area contributed by atoms with Gasteiger partial charge in [0.25, 0.3) is 0 Å². The highest BCUT2D eigenvalue weighted by Gasteiger charge is 2.22. The predicted octanol–water partition coefficient (Wildman–Crippen LogP) is 1.53. The Morgan fingerprint density at radius 2 is 2.00 bits per heavy atom. The van der Waals surface area contributed by atoms with Crippen molar-refractivity contribution in [2.45, 2.75) is 27.3 Å². The van der Waals surface area contributed by atoms with Gasteiger partial charge in [-0.05, 0) is 20.8 Å². The van der Waals surface area contributed by atoms with E-state index in [1.807, 2.05) is 31.7 Å². The molecule has 1 fully saturated rings. The van der Waals surface area contributed by atoms with Crippen molar-refractivity contribution in [2.75, 3.05) is 45.8 Å². The van der Waals surface area contributed by atoms with Gasteiger partial charge in [-0.3, -0.25) is 14.6 Å². The van der Waals surface area contributed by atoms with Crippen LogP contribution < -0.4 is 0 Å². The highest BCUT2D eigenvalue weighted by molar-refractivity contribution is 5.78. The van der Waals surface area contributed by atoms with Crippen molar-refractivity contribution in [3.63, 3.8) is 0 Å². The van der Waals surface area contributed by atoms with Crippen molar-refractivity contribution in [3.8, 4) is 0 Å². The Morgan fingerprint density at radius 3 is 2.52 bits per heavy atom. The number of carbonyl (C=O) groups excluding carboxylic acids is 1. The van der Waals surface area contributed by atoms with Gasteiger partial charge in [0.1, 0.15) is 0 Å². The van der Waals surface area contributed by atoms with E-state index in [2.05, 4.69) is 21.5 Å². The Balaban J connectivity index is 1.75. The molecule has 0 radical (unpaired) electrons. The number of piperazine rings is 1. The fourth-order valence-corrected chi connectivity index (χ4v) is 2.81. The molecular formula is C17H28N4O2. The van der Waals surface area contributed by atoms with E-state index in [1.165, 1.54) is 0 Å². The second-order valence-corrected chi connectivity index (χ2v) is 6.35. The Hall–Kier alpha value is -1.66. The molecule has 1 aliphatic heterocycles. The van der Waals surface area contributed by atoms with E-state index >= 15 is 0 Å². The molecule has 128 valence electrons. The number of carbonyl (C=O) groups is 1. The molecular weight excluding hydrogens is 292 g/mol. The maximum absolute atomic E-state index is 12.4. The van der Waals surface area contributed by atoms with E-state index in [1.54, 1.807) is 0 Å². The molecule has 2 heterocycles. The lowest BCUT2D eigenvalue weighted by Gasteiger charge is -2.34. The third kappa shape index (κ3) is 5.48. The van der Waals surface area contributed by atoms with E-state index in [0.717, 1.165) is 56.3 Å². The lowest BCUT2D eigenvalue weighted by molar-refractivity contribution is -0.132. The highest BCUT2D eigenvalue weighted by Crippen LogP contribution is 2.10. The Morgan fingerprint density at radius 1 is 1.35 bits per heavy atom. The predicted molar refractivity (Wildman–Crippen MR) is 90.0 cm³/mol. The van der Waals surface area contributed by atoms with Crippen LogP contribution in [0.3, 0.4) is 0 Å². The highest BCUT2D eigenvalue weighted by atomic mass is 16.5. The van der Waals surface area contributed by atoms with Crippen LogP contribution in [0.4, 0.5) is 0 Å². The van der Waals surface area contributed by atoms with Crippen LogP contribution in [0.1, 0.15) is 25.3 Å². The summed E-state index contributed by atoms with van der Waals surface area (Å²) in [5.41, 5.74) is 1.94. The lowest BCUT2D eigenvalue weighted by atomic mass is 10.2. The lowest BCUT2D eigenvalue weighted by Crippen LogP contribution is -2.49. The molecule has 0 unspecified atom stereocenters. The quantitative estimate of drug-likeness (QED) is 0.713. The fourth-order valence-electron chi connectivity index (χ4n) is 2.81.